The van der Waals surface area contributed by atoms with Crippen molar-refractivity contribution in [3.8, 4) is 111 Å². The standard InChI is InChI=1S/2C46H34.C40H38/c1-29-26-27-37-40(28-29)44(39-23-13-25-42-45(39)38-21-10-11-24-41(38)46(42,2)3)36-20-9-8-19-35(36)43(37)34-18-7-6-17-33(34)32-22-12-15-30-14-4-5-16-31(30)32;1-29-23-26-37-40(27-29)44(39-20-12-22-42-45(39)38-19-10-11-21-41(38)46(42,2)3)36-18-9-8-17-35(36)43(37)34-16-7-6-15-33(34)32-25-24-30-13-4-5-14-31(30)28-32;1-24-15-16-30-33(17-24)36(32-12-8-14-35-37(32)31-11-6-7-13-34(31)39(35,2)3)28-9-4-5-10-29(28)38(30)40-21-25-18-26(22-40)20-27(19-25)23-40/h2*4-28H,1-3H3;4-17,25-27H,18-23H2,1-3H3. The Hall–Kier alpha value is -14.3. The van der Waals surface area contributed by atoms with Crippen LogP contribution in [0.5, 0.6) is 0 Å². The molecule has 0 N–H and O–H groups in total. The molecule has 21 aromatic carbocycles. The summed E-state index contributed by atoms with van der Waals surface area (Å²) in [6.45, 7) is 21.0. The predicted octanol–water partition coefficient (Wildman–Crippen LogP) is 36.3. The van der Waals surface area contributed by atoms with E-state index in [1.165, 1.54) is 286 Å². The van der Waals surface area contributed by atoms with Crippen molar-refractivity contribution < 1.29 is 0 Å². The van der Waals surface area contributed by atoms with Gasteiger partial charge in [0, 0.05) is 16.2 Å². The van der Waals surface area contributed by atoms with E-state index in [4.69, 9.17) is 0 Å². The molecule has 0 aromatic heterocycles. The summed E-state index contributed by atoms with van der Waals surface area (Å²) >= 11 is 0. The fourth-order valence-electron chi connectivity index (χ4n) is 26.9. The Kier molecular flexibility index (Phi) is 18.4. The largest absolute Gasteiger partial charge is 0.0619 e. The van der Waals surface area contributed by atoms with E-state index in [2.05, 4.69) is 451 Å². The second-order valence-corrected chi connectivity index (χ2v) is 41.1. The van der Waals surface area contributed by atoms with E-state index in [0.29, 0.717) is 5.41 Å². The van der Waals surface area contributed by atoms with Crippen LogP contribution in [0.2, 0.25) is 0 Å². The molecule has 0 heteroatoms. The van der Waals surface area contributed by atoms with Gasteiger partial charge in [0.25, 0.3) is 0 Å². The van der Waals surface area contributed by atoms with Crippen LogP contribution in [0.15, 0.2) is 388 Å². The molecule has 7 aliphatic rings. The Morgan fingerprint density at radius 2 is 0.462 bits per heavy atom. The van der Waals surface area contributed by atoms with Crippen LogP contribution in [0.3, 0.4) is 0 Å². The maximum Gasteiger partial charge on any atom is 0.0159 e. The molecule has 0 amide bonds. The highest BCUT2D eigenvalue weighted by Crippen LogP contribution is 2.65. The molecule has 634 valence electrons. The van der Waals surface area contributed by atoms with Gasteiger partial charge >= 0.3 is 0 Å². The number of fused-ring (bicyclic) bond motifs is 17. The summed E-state index contributed by atoms with van der Waals surface area (Å²) in [7, 11) is 0. The zero-order valence-electron chi connectivity index (χ0n) is 76.9. The lowest BCUT2D eigenvalue weighted by molar-refractivity contribution is -0.00383. The number of rotatable bonds is 8. The molecule has 0 heterocycles. The van der Waals surface area contributed by atoms with Crippen molar-refractivity contribution in [1.82, 2.24) is 0 Å². The molecule has 21 aromatic rings. The van der Waals surface area contributed by atoms with E-state index in [1.54, 1.807) is 5.56 Å². The molecular formula is C132H106. The Bertz CT molecular complexity index is 8390. The van der Waals surface area contributed by atoms with E-state index in [-0.39, 0.29) is 16.2 Å². The van der Waals surface area contributed by atoms with Gasteiger partial charge in [-0.05, 0) is 325 Å². The van der Waals surface area contributed by atoms with Gasteiger partial charge in [-0.25, -0.2) is 0 Å². The summed E-state index contributed by atoms with van der Waals surface area (Å²) in [6.07, 6.45) is 8.64. The van der Waals surface area contributed by atoms with Gasteiger partial charge < -0.3 is 0 Å². The van der Waals surface area contributed by atoms with Crippen molar-refractivity contribution in [3.05, 3.63) is 444 Å². The van der Waals surface area contributed by atoms with E-state index in [9.17, 15) is 0 Å². The quantitative estimate of drug-likeness (QED) is 0.133. The molecular weight excluding hydrogens is 1590 g/mol. The molecule has 132 heavy (non-hydrogen) atoms. The first-order chi connectivity index (χ1) is 64.5. The minimum absolute atomic E-state index is 0.00258. The molecule has 0 spiro atoms. The minimum atomic E-state index is -0.0548. The second-order valence-electron chi connectivity index (χ2n) is 41.1. The van der Waals surface area contributed by atoms with Gasteiger partial charge in [0.2, 0.25) is 0 Å². The first kappa shape index (κ1) is 79.8. The number of hydrogen-bond acceptors (Lipinski definition) is 0. The average Bonchev–Trinajstić information content (AvgIpc) is 1.03. The molecule has 0 aliphatic heterocycles. The molecule has 0 atom stereocenters. The number of aryl methyl sites for hydroxylation is 3. The van der Waals surface area contributed by atoms with Crippen LogP contribution >= 0.6 is 0 Å². The van der Waals surface area contributed by atoms with Gasteiger partial charge in [-0.3, -0.25) is 0 Å². The van der Waals surface area contributed by atoms with Crippen LogP contribution < -0.4 is 0 Å². The van der Waals surface area contributed by atoms with Crippen molar-refractivity contribution in [3.63, 3.8) is 0 Å². The van der Waals surface area contributed by atoms with E-state index in [1.807, 2.05) is 0 Å². The first-order valence-corrected chi connectivity index (χ1v) is 48.2. The third-order valence-corrected chi connectivity index (χ3v) is 32.3. The summed E-state index contributed by atoms with van der Waals surface area (Å²) in [5.74, 6) is 2.80. The molecule has 28 rings (SSSR count). The van der Waals surface area contributed by atoms with E-state index >= 15 is 0 Å². The zero-order chi connectivity index (χ0) is 88.8. The van der Waals surface area contributed by atoms with Gasteiger partial charge in [0.05, 0.1) is 0 Å². The summed E-state index contributed by atoms with van der Waals surface area (Å²) in [5, 5.41) is 21.3. The SMILES string of the molecule is Cc1ccc2c(-c3ccccc3-c3ccc4ccccc4c3)c3ccccc3c(-c3cccc4c3-c3ccccc3C4(C)C)c2c1.Cc1ccc2c(-c3ccccc3-c3cccc4ccccc34)c3ccccc3c(-c3cccc4c3-c3ccccc3C4(C)C)c2c1.Cc1ccc2c(C34CC5CC(CC(C5)C3)C4)c3ccccc3c(-c3cccc4c3-c3ccccc3C4(C)C)c2c1. The van der Waals surface area contributed by atoms with Crippen LogP contribution in [0.4, 0.5) is 0 Å². The van der Waals surface area contributed by atoms with Crippen LogP contribution in [-0.2, 0) is 21.7 Å². The third-order valence-electron chi connectivity index (χ3n) is 32.3. The molecule has 4 saturated carbocycles. The summed E-state index contributed by atoms with van der Waals surface area (Å²) in [5.41, 5.74) is 40.9. The highest BCUT2D eigenvalue weighted by molar-refractivity contribution is 6.27. The smallest absolute Gasteiger partial charge is 0.0159 e. The van der Waals surface area contributed by atoms with Crippen LogP contribution in [-0.4, -0.2) is 0 Å². The highest BCUT2D eigenvalue weighted by atomic mass is 14.6. The molecule has 0 saturated heterocycles. The number of hydrogen-bond donors (Lipinski definition) is 0. The fourth-order valence-corrected chi connectivity index (χ4v) is 26.9. The first-order valence-electron chi connectivity index (χ1n) is 48.2. The topological polar surface area (TPSA) is 0 Å². The summed E-state index contributed by atoms with van der Waals surface area (Å²) in [4.78, 5) is 0. The van der Waals surface area contributed by atoms with Gasteiger partial charge in [-0.15, -0.1) is 0 Å². The van der Waals surface area contributed by atoms with Crippen LogP contribution in [0, 0.1) is 38.5 Å². The van der Waals surface area contributed by atoms with Gasteiger partial charge in [0.1, 0.15) is 0 Å². The van der Waals surface area contributed by atoms with Gasteiger partial charge in [0.15, 0.2) is 0 Å². The molecule has 0 nitrogen and oxygen atoms in total. The Morgan fingerprint density at radius 1 is 0.182 bits per heavy atom. The Balaban J connectivity index is 0.000000107. The van der Waals surface area contributed by atoms with Crippen molar-refractivity contribution in [2.24, 2.45) is 17.8 Å². The minimum Gasteiger partial charge on any atom is -0.0619 e. The third kappa shape index (κ3) is 12.2. The van der Waals surface area contributed by atoms with Crippen molar-refractivity contribution >= 4 is 86.2 Å². The lowest BCUT2D eigenvalue weighted by Gasteiger charge is -2.57. The zero-order valence-corrected chi connectivity index (χ0v) is 76.9. The molecule has 0 radical (unpaired) electrons. The Morgan fingerprint density at radius 3 is 0.909 bits per heavy atom. The molecule has 0 unspecified atom stereocenters. The van der Waals surface area contributed by atoms with Crippen LogP contribution in [0.1, 0.15) is 136 Å². The lowest BCUT2D eigenvalue weighted by atomic mass is 9.47. The average molecular weight is 1690 g/mol. The van der Waals surface area contributed by atoms with Gasteiger partial charge in [-0.2, -0.15) is 0 Å². The van der Waals surface area contributed by atoms with Crippen molar-refractivity contribution in [2.45, 2.75) is 122 Å². The Labute approximate surface area is 776 Å². The fraction of sp³-hybridized carbons (Fsp3) is 0.167. The van der Waals surface area contributed by atoms with E-state index < -0.39 is 0 Å². The molecule has 4 fully saturated rings. The van der Waals surface area contributed by atoms with Crippen molar-refractivity contribution in [2.75, 3.05) is 0 Å². The summed E-state index contributed by atoms with van der Waals surface area (Å²) < 4.78 is 0. The number of benzene rings is 21. The van der Waals surface area contributed by atoms with Crippen molar-refractivity contribution in [1.29, 1.82) is 0 Å². The maximum absolute atomic E-state index is 2.51. The monoisotopic (exact) mass is 1690 g/mol. The van der Waals surface area contributed by atoms with Gasteiger partial charge in [-0.1, -0.05) is 440 Å². The second kappa shape index (κ2) is 30.4. The molecule has 4 bridgehead atoms. The maximum atomic E-state index is 2.51. The lowest BCUT2D eigenvalue weighted by Crippen LogP contribution is -2.48. The van der Waals surface area contributed by atoms with E-state index in [0.717, 1.165) is 17.8 Å². The highest BCUT2D eigenvalue weighted by Gasteiger charge is 2.53. The predicted molar refractivity (Wildman–Crippen MR) is 564 cm³/mol. The molecule has 7 aliphatic carbocycles. The van der Waals surface area contributed by atoms with Crippen LogP contribution in [0.25, 0.3) is 197 Å². The summed E-state index contributed by atoms with van der Waals surface area (Å²) in [6, 6.07) is 146. The normalized spacial score (nSPS) is 17.5.